The quantitative estimate of drug-likeness (QED) is 0.273. The van der Waals surface area contributed by atoms with Crippen LogP contribution in [0.1, 0.15) is 30.5 Å². The number of carbonyl (C=O) groups excluding carboxylic acids is 2. The molecule has 0 fully saturated rings. The SMILES string of the molecule is CC(C)N(C(=O)C(Cc1cccc(C(F)(F)F)c1)C(=O)NS(=O)(=O)/C=C/c1ccccc1)c1ccc(F)cc1. The Hall–Kier alpha value is -3.99. The van der Waals surface area contributed by atoms with Crippen LogP contribution < -0.4 is 9.62 Å². The molecular weight excluding hydrogens is 536 g/mol. The highest BCUT2D eigenvalue weighted by molar-refractivity contribution is 7.93. The highest BCUT2D eigenvalue weighted by atomic mass is 32.2. The molecule has 39 heavy (non-hydrogen) atoms. The van der Waals surface area contributed by atoms with Crippen molar-refractivity contribution in [2.24, 2.45) is 5.92 Å². The predicted molar refractivity (Wildman–Crippen MR) is 140 cm³/mol. The van der Waals surface area contributed by atoms with E-state index in [-0.39, 0.29) is 11.3 Å². The number of nitrogens with one attached hydrogen (secondary N) is 1. The predicted octanol–water partition coefficient (Wildman–Crippen LogP) is 5.56. The highest BCUT2D eigenvalue weighted by Gasteiger charge is 2.36. The third-order valence-electron chi connectivity index (χ3n) is 5.65. The number of rotatable bonds is 9. The smallest absolute Gasteiger partial charge is 0.309 e. The molecule has 0 aliphatic carbocycles. The van der Waals surface area contributed by atoms with Gasteiger partial charge in [-0.05, 0) is 67.8 Å². The minimum atomic E-state index is -4.67. The van der Waals surface area contributed by atoms with Crippen molar-refractivity contribution >= 4 is 33.6 Å². The largest absolute Gasteiger partial charge is 0.416 e. The molecule has 1 N–H and O–H groups in total. The fourth-order valence-electron chi connectivity index (χ4n) is 3.83. The van der Waals surface area contributed by atoms with Gasteiger partial charge in [-0.1, -0.05) is 48.5 Å². The first-order chi connectivity index (χ1) is 18.3. The van der Waals surface area contributed by atoms with Crippen LogP contribution in [-0.4, -0.2) is 26.3 Å². The van der Waals surface area contributed by atoms with Gasteiger partial charge in [0.2, 0.25) is 11.8 Å². The van der Waals surface area contributed by atoms with Gasteiger partial charge in [0.05, 0.1) is 11.0 Å². The third-order valence-corrected chi connectivity index (χ3v) is 6.63. The van der Waals surface area contributed by atoms with E-state index in [9.17, 15) is 35.6 Å². The molecule has 0 aromatic heterocycles. The molecule has 0 aliphatic rings. The zero-order valence-electron chi connectivity index (χ0n) is 21.0. The van der Waals surface area contributed by atoms with Gasteiger partial charge in [0.25, 0.3) is 10.0 Å². The van der Waals surface area contributed by atoms with Crippen molar-refractivity contribution in [1.82, 2.24) is 4.72 Å². The molecule has 3 aromatic rings. The maximum absolute atomic E-state index is 13.7. The topological polar surface area (TPSA) is 83.6 Å². The van der Waals surface area contributed by atoms with E-state index in [0.29, 0.717) is 5.56 Å². The Labute approximate surface area is 224 Å². The summed E-state index contributed by atoms with van der Waals surface area (Å²) in [7, 11) is -4.38. The first kappa shape index (κ1) is 29.6. The van der Waals surface area contributed by atoms with Gasteiger partial charge in [0.15, 0.2) is 0 Å². The normalized spacial score (nSPS) is 12.9. The first-order valence-corrected chi connectivity index (χ1v) is 13.4. The Kier molecular flexibility index (Phi) is 9.28. The Morgan fingerprint density at radius 3 is 2.18 bits per heavy atom. The lowest BCUT2D eigenvalue weighted by molar-refractivity contribution is -0.137. The van der Waals surface area contributed by atoms with Gasteiger partial charge in [-0.3, -0.25) is 9.59 Å². The van der Waals surface area contributed by atoms with Crippen LogP contribution >= 0.6 is 0 Å². The van der Waals surface area contributed by atoms with Gasteiger partial charge in [0.1, 0.15) is 11.7 Å². The number of anilines is 1. The second-order valence-corrected chi connectivity index (χ2v) is 10.5. The molecule has 1 unspecified atom stereocenters. The van der Waals surface area contributed by atoms with Crippen molar-refractivity contribution in [3.63, 3.8) is 0 Å². The van der Waals surface area contributed by atoms with Gasteiger partial charge < -0.3 is 4.90 Å². The van der Waals surface area contributed by atoms with Crippen molar-refractivity contribution in [3.8, 4) is 0 Å². The minimum Gasteiger partial charge on any atom is -0.309 e. The van der Waals surface area contributed by atoms with E-state index in [2.05, 4.69) is 0 Å². The molecule has 2 amide bonds. The molecule has 0 radical (unpaired) electrons. The van der Waals surface area contributed by atoms with E-state index in [1.54, 1.807) is 44.2 Å². The summed E-state index contributed by atoms with van der Waals surface area (Å²) in [6, 6.07) is 16.8. The van der Waals surface area contributed by atoms with Crippen LogP contribution in [0.2, 0.25) is 0 Å². The van der Waals surface area contributed by atoms with Gasteiger partial charge in [0, 0.05) is 11.7 Å². The van der Waals surface area contributed by atoms with Crippen LogP contribution in [-0.2, 0) is 32.2 Å². The van der Waals surface area contributed by atoms with Crippen LogP contribution in [0.4, 0.5) is 23.2 Å². The summed E-state index contributed by atoms with van der Waals surface area (Å²) in [5.41, 5.74) is -0.220. The number of sulfonamides is 1. The van der Waals surface area contributed by atoms with Crippen LogP contribution in [0.3, 0.4) is 0 Å². The fraction of sp³-hybridized carbons (Fsp3) is 0.214. The molecule has 1 atom stereocenters. The lowest BCUT2D eigenvalue weighted by Gasteiger charge is -2.30. The molecule has 0 aliphatic heterocycles. The van der Waals surface area contributed by atoms with Gasteiger partial charge in [-0.2, -0.15) is 13.2 Å². The Bertz CT molecular complexity index is 1440. The van der Waals surface area contributed by atoms with Crippen LogP contribution in [0.5, 0.6) is 0 Å². The number of amides is 2. The van der Waals surface area contributed by atoms with Crippen LogP contribution in [0.25, 0.3) is 6.08 Å². The summed E-state index contributed by atoms with van der Waals surface area (Å²) in [4.78, 5) is 28.1. The molecule has 0 bridgehead atoms. The Morgan fingerprint density at radius 2 is 1.59 bits per heavy atom. The van der Waals surface area contributed by atoms with Crippen molar-refractivity contribution in [2.45, 2.75) is 32.5 Å². The molecule has 0 saturated carbocycles. The molecule has 11 heteroatoms. The van der Waals surface area contributed by atoms with E-state index in [1.807, 2.05) is 4.72 Å². The Balaban J connectivity index is 1.98. The molecule has 3 aromatic carbocycles. The summed E-state index contributed by atoms with van der Waals surface area (Å²) in [5, 5.41) is 0.756. The highest BCUT2D eigenvalue weighted by Crippen LogP contribution is 2.30. The third kappa shape index (κ3) is 8.25. The zero-order valence-corrected chi connectivity index (χ0v) is 21.8. The van der Waals surface area contributed by atoms with Crippen LogP contribution in [0, 0.1) is 11.7 Å². The molecule has 0 saturated heterocycles. The summed E-state index contributed by atoms with van der Waals surface area (Å²) in [6.07, 6.45) is -3.93. The van der Waals surface area contributed by atoms with Gasteiger partial charge in [-0.25, -0.2) is 17.5 Å². The second kappa shape index (κ2) is 12.2. The van der Waals surface area contributed by atoms with Gasteiger partial charge in [-0.15, -0.1) is 0 Å². The monoisotopic (exact) mass is 562 g/mol. The number of carbonyl (C=O) groups is 2. The molecule has 0 spiro atoms. The zero-order chi connectivity index (χ0) is 28.8. The number of hydrogen-bond donors (Lipinski definition) is 1. The molecular formula is C28H26F4N2O4S. The number of alkyl halides is 3. The Morgan fingerprint density at radius 1 is 0.949 bits per heavy atom. The van der Waals surface area contributed by atoms with Crippen molar-refractivity contribution < 1.29 is 35.6 Å². The number of benzene rings is 3. The number of nitrogens with zero attached hydrogens (tertiary/aromatic N) is 1. The minimum absolute atomic E-state index is 0.00152. The van der Waals surface area contributed by atoms with E-state index >= 15 is 0 Å². The van der Waals surface area contributed by atoms with Crippen LogP contribution in [0.15, 0.2) is 84.3 Å². The van der Waals surface area contributed by atoms with E-state index in [1.165, 1.54) is 29.2 Å². The lowest BCUT2D eigenvalue weighted by atomic mass is 9.95. The summed E-state index contributed by atoms with van der Waals surface area (Å²) >= 11 is 0. The average Bonchev–Trinajstić information content (AvgIpc) is 2.87. The summed E-state index contributed by atoms with van der Waals surface area (Å²) in [6.45, 7) is 3.25. The molecule has 206 valence electrons. The average molecular weight is 563 g/mol. The molecule has 6 nitrogen and oxygen atoms in total. The maximum Gasteiger partial charge on any atom is 0.416 e. The lowest BCUT2D eigenvalue weighted by Crippen LogP contribution is -2.48. The van der Waals surface area contributed by atoms with E-state index in [0.717, 1.165) is 35.7 Å². The van der Waals surface area contributed by atoms with E-state index < -0.39 is 57.8 Å². The fourth-order valence-corrected chi connectivity index (χ4v) is 4.66. The van der Waals surface area contributed by atoms with Gasteiger partial charge >= 0.3 is 6.18 Å². The van der Waals surface area contributed by atoms with Crippen molar-refractivity contribution in [3.05, 3.63) is 107 Å². The van der Waals surface area contributed by atoms with Crippen molar-refractivity contribution in [2.75, 3.05) is 4.90 Å². The summed E-state index contributed by atoms with van der Waals surface area (Å²) < 4.78 is 80.5. The second-order valence-electron chi connectivity index (χ2n) is 8.96. The number of hydrogen-bond acceptors (Lipinski definition) is 4. The van der Waals surface area contributed by atoms with Crippen molar-refractivity contribution in [1.29, 1.82) is 0 Å². The first-order valence-electron chi connectivity index (χ1n) is 11.8. The van der Waals surface area contributed by atoms with E-state index in [4.69, 9.17) is 0 Å². The molecule has 3 rings (SSSR count). The number of halogens is 4. The standard InChI is InChI=1S/C28H26F4N2O4S/c1-19(2)34(24-13-11-23(29)12-14-24)27(36)25(18-21-9-6-10-22(17-21)28(30,31)32)26(35)33-39(37,38)16-15-20-7-4-3-5-8-20/h3-17,19,25H,18H2,1-2H3,(H,33,35)/b16-15+. The molecule has 0 heterocycles. The maximum atomic E-state index is 13.7. The summed E-state index contributed by atoms with van der Waals surface area (Å²) in [5.74, 6) is -4.37.